The van der Waals surface area contributed by atoms with Gasteiger partial charge in [-0.3, -0.25) is 4.79 Å². The van der Waals surface area contributed by atoms with Crippen LogP contribution < -0.4 is 15.5 Å². The number of carbonyl (C=O) groups is 1. The molecular weight excluding hydrogens is 276 g/mol. The van der Waals surface area contributed by atoms with E-state index in [1.165, 1.54) is 13.2 Å². The first-order valence-corrected chi connectivity index (χ1v) is 6.11. The molecule has 0 saturated heterocycles. The molecule has 2 aromatic carbocycles. The van der Waals surface area contributed by atoms with Gasteiger partial charge in [0, 0.05) is 11.3 Å². The highest BCUT2D eigenvalue weighted by atomic mass is 19.1. The van der Waals surface area contributed by atoms with Crippen LogP contribution in [0.4, 0.5) is 10.1 Å². The number of benzene rings is 2. The van der Waals surface area contributed by atoms with Crippen LogP contribution in [0.15, 0.2) is 42.5 Å². The second kappa shape index (κ2) is 6.38. The Morgan fingerprint density at radius 2 is 1.86 bits per heavy atom. The highest BCUT2D eigenvalue weighted by molar-refractivity contribution is 6.58. The molecule has 1 amide bonds. The zero-order chi connectivity index (χ0) is 15.4. The number of halogens is 1. The van der Waals surface area contributed by atoms with Gasteiger partial charge in [-0.05, 0) is 47.9 Å². The minimum absolute atomic E-state index is 0.00563. The van der Waals surface area contributed by atoms with Gasteiger partial charge >= 0.3 is 7.12 Å². The Labute approximate surface area is 121 Å². The molecule has 0 unspecified atom stereocenters. The molecule has 0 aliphatic carbocycles. The molecule has 0 fully saturated rings. The molecule has 0 spiro atoms. The van der Waals surface area contributed by atoms with Crippen LogP contribution in [0.5, 0.6) is 5.75 Å². The Kier molecular flexibility index (Phi) is 4.57. The lowest BCUT2D eigenvalue weighted by atomic mass is 9.79. The first-order chi connectivity index (χ1) is 9.99. The lowest BCUT2D eigenvalue weighted by molar-refractivity contribution is 0.102. The van der Waals surface area contributed by atoms with Gasteiger partial charge < -0.3 is 20.1 Å². The van der Waals surface area contributed by atoms with Gasteiger partial charge in [-0.1, -0.05) is 0 Å². The summed E-state index contributed by atoms with van der Waals surface area (Å²) in [6, 6.07) is 9.80. The minimum Gasteiger partial charge on any atom is -0.497 e. The molecule has 0 bridgehead atoms. The molecule has 0 atom stereocenters. The third-order valence-electron chi connectivity index (χ3n) is 2.83. The summed E-state index contributed by atoms with van der Waals surface area (Å²) in [4.78, 5) is 12.0. The number of hydrogen-bond acceptors (Lipinski definition) is 4. The summed E-state index contributed by atoms with van der Waals surface area (Å²) >= 11 is 0. The van der Waals surface area contributed by atoms with Gasteiger partial charge in [0.1, 0.15) is 11.6 Å². The molecule has 0 aromatic heterocycles. The molecule has 7 heteroatoms. The van der Waals surface area contributed by atoms with Crippen LogP contribution in [0.2, 0.25) is 0 Å². The van der Waals surface area contributed by atoms with Gasteiger partial charge in [-0.25, -0.2) is 4.39 Å². The van der Waals surface area contributed by atoms with Crippen LogP contribution in [-0.4, -0.2) is 30.2 Å². The van der Waals surface area contributed by atoms with Crippen molar-refractivity contribution in [2.24, 2.45) is 0 Å². The van der Waals surface area contributed by atoms with E-state index in [9.17, 15) is 9.18 Å². The molecule has 2 aromatic rings. The van der Waals surface area contributed by atoms with Crippen molar-refractivity contribution in [2.45, 2.75) is 0 Å². The van der Waals surface area contributed by atoms with E-state index in [-0.39, 0.29) is 11.0 Å². The maximum Gasteiger partial charge on any atom is 0.488 e. The quantitative estimate of drug-likeness (QED) is 0.726. The topological polar surface area (TPSA) is 78.8 Å². The Morgan fingerprint density at radius 1 is 1.19 bits per heavy atom. The molecule has 0 heterocycles. The Bertz CT molecular complexity index is 646. The summed E-state index contributed by atoms with van der Waals surface area (Å²) in [6.07, 6.45) is 0. The molecule has 0 aliphatic heterocycles. The summed E-state index contributed by atoms with van der Waals surface area (Å²) in [5.74, 6) is -0.633. The highest BCUT2D eigenvalue weighted by Gasteiger charge is 2.16. The summed E-state index contributed by atoms with van der Waals surface area (Å²) in [5, 5.41) is 20.7. The van der Waals surface area contributed by atoms with Crippen LogP contribution in [-0.2, 0) is 0 Å². The molecule has 0 radical (unpaired) electrons. The first-order valence-electron chi connectivity index (χ1n) is 6.11. The van der Waals surface area contributed by atoms with Crippen molar-refractivity contribution in [3.8, 4) is 5.75 Å². The van der Waals surface area contributed by atoms with Gasteiger partial charge in [0.25, 0.3) is 5.91 Å². The smallest absolute Gasteiger partial charge is 0.488 e. The number of carbonyl (C=O) groups excluding carboxylic acids is 1. The van der Waals surface area contributed by atoms with Gasteiger partial charge in [-0.15, -0.1) is 0 Å². The minimum atomic E-state index is -1.84. The maximum absolute atomic E-state index is 13.4. The Hall–Kier alpha value is -2.38. The second-order valence-corrected chi connectivity index (χ2v) is 4.33. The van der Waals surface area contributed by atoms with Gasteiger partial charge in [0.2, 0.25) is 0 Å². The highest BCUT2D eigenvalue weighted by Crippen LogP contribution is 2.16. The second-order valence-electron chi connectivity index (χ2n) is 4.33. The van der Waals surface area contributed by atoms with E-state index < -0.39 is 18.8 Å². The molecule has 21 heavy (non-hydrogen) atoms. The number of ether oxygens (including phenoxy) is 1. The predicted molar refractivity (Wildman–Crippen MR) is 77.2 cm³/mol. The van der Waals surface area contributed by atoms with Crippen LogP contribution in [0.3, 0.4) is 0 Å². The first kappa shape index (κ1) is 15.0. The Morgan fingerprint density at radius 3 is 2.43 bits per heavy atom. The number of rotatable bonds is 4. The molecular formula is C14H13BFNO4. The standard InChI is InChI=1S/C14H13BFNO4/c1-21-13-4-2-12(3-5-13)17-14(18)9-6-10(15(19)20)8-11(16)7-9/h2-8,19-20H,1H3,(H,17,18). The maximum atomic E-state index is 13.4. The molecule has 0 saturated carbocycles. The lowest BCUT2D eigenvalue weighted by Gasteiger charge is -2.08. The van der Waals surface area contributed by atoms with Crippen molar-refractivity contribution < 1.29 is 24.0 Å². The number of anilines is 1. The van der Waals surface area contributed by atoms with Crippen molar-refractivity contribution in [3.05, 3.63) is 53.8 Å². The third kappa shape index (κ3) is 3.81. The molecule has 0 aliphatic rings. The van der Waals surface area contributed by atoms with Crippen LogP contribution in [0, 0.1) is 5.82 Å². The van der Waals surface area contributed by atoms with Crippen molar-refractivity contribution in [3.63, 3.8) is 0 Å². The lowest BCUT2D eigenvalue weighted by Crippen LogP contribution is -2.31. The van der Waals surface area contributed by atoms with E-state index in [0.29, 0.717) is 11.4 Å². The molecule has 3 N–H and O–H groups in total. The fourth-order valence-electron chi connectivity index (χ4n) is 1.77. The van der Waals surface area contributed by atoms with E-state index in [1.54, 1.807) is 24.3 Å². The number of methoxy groups -OCH3 is 1. The Balaban J connectivity index is 2.19. The van der Waals surface area contributed by atoms with E-state index in [0.717, 1.165) is 12.1 Å². The van der Waals surface area contributed by atoms with Gasteiger partial charge in [0.05, 0.1) is 7.11 Å². The van der Waals surface area contributed by atoms with Gasteiger partial charge in [-0.2, -0.15) is 0 Å². The van der Waals surface area contributed by atoms with Crippen molar-refractivity contribution in [1.82, 2.24) is 0 Å². The average Bonchev–Trinajstić information content (AvgIpc) is 2.47. The largest absolute Gasteiger partial charge is 0.497 e. The van der Waals surface area contributed by atoms with Gasteiger partial charge in [0.15, 0.2) is 0 Å². The van der Waals surface area contributed by atoms with Crippen molar-refractivity contribution >= 4 is 24.2 Å². The van der Waals surface area contributed by atoms with Crippen LogP contribution in [0.1, 0.15) is 10.4 Å². The normalized spacial score (nSPS) is 10.1. The van der Waals surface area contributed by atoms with Crippen LogP contribution in [0.25, 0.3) is 0 Å². The number of hydrogen-bond donors (Lipinski definition) is 3. The average molecular weight is 289 g/mol. The number of amides is 1. The van der Waals surface area contributed by atoms with E-state index in [2.05, 4.69) is 5.32 Å². The molecule has 2 rings (SSSR count). The molecule has 5 nitrogen and oxygen atoms in total. The van der Waals surface area contributed by atoms with Crippen LogP contribution >= 0.6 is 0 Å². The number of nitrogens with one attached hydrogen (secondary N) is 1. The summed E-state index contributed by atoms with van der Waals surface area (Å²) in [6.45, 7) is 0. The van der Waals surface area contributed by atoms with E-state index >= 15 is 0 Å². The summed E-state index contributed by atoms with van der Waals surface area (Å²) in [5.41, 5.74) is 0.417. The predicted octanol–water partition coefficient (Wildman–Crippen LogP) is 0.766. The van der Waals surface area contributed by atoms with Crippen molar-refractivity contribution in [2.75, 3.05) is 12.4 Å². The fourth-order valence-corrected chi connectivity index (χ4v) is 1.77. The zero-order valence-electron chi connectivity index (χ0n) is 11.2. The third-order valence-corrected chi connectivity index (χ3v) is 2.83. The summed E-state index contributed by atoms with van der Waals surface area (Å²) < 4.78 is 18.4. The zero-order valence-corrected chi connectivity index (χ0v) is 11.2. The van der Waals surface area contributed by atoms with Crippen molar-refractivity contribution in [1.29, 1.82) is 0 Å². The molecule has 108 valence electrons. The fraction of sp³-hybridized carbons (Fsp3) is 0.0714. The summed E-state index contributed by atoms with van der Waals surface area (Å²) in [7, 11) is -0.310. The SMILES string of the molecule is COc1ccc(NC(=O)c2cc(F)cc(B(O)O)c2)cc1. The monoisotopic (exact) mass is 289 g/mol. The van der Waals surface area contributed by atoms with E-state index in [4.69, 9.17) is 14.8 Å². The van der Waals surface area contributed by atoms with E-state index in [1.807, 2.05) is 0 Å².